The Morgan fingerprint density at radius 3 is 2.50 bits per heavy atom. The van der Waals surface area contributed by atoms with Gasteiger partial charge in [0.25, 0.3) is 0 Å². The van der Waals surface area contributed by atoms with Crippen molar-refractivity contribution in [3.05, 3.63) is 70.9 Å². The Balaban J connectivity index is 1.75. The lowest BCUT2D eigenvalue weighted by atomic mass is 10.0. The first kappa shape index (κ1) is 21.9. The van der Waals surface area contributed by atoms with Gasteiger partial charge >= 0.3 is 0 Å². The van der Waals surface area contributed by atoms with Gasteiger partial charge in [0.1, 0.15) is 6.04 Å². The monoisotopic (exact) mass is 426 g/mol. The van der Waals surface area contributed by atoms with Crippen LogP contribution >= 0.6 is 11.6 Å². The first-order chi connectivity index (χ1) is 14.4. The van der Waals surface area contributed by atoms with Gasteiger partial charge in [-0.05, 0) is 37.4 Å². The van der Waals surface area contributed by atoms with Crippen LogP contribution in [-0.4, -0.2) is 48.4 Å². The third-order valence-corrected chi connectivity index (χ3v) is 5.49. The highest BCUT2D eigenvalue weighted by atomic mass is 35.5. The number of carbonyl (C=O) groups excluding carboxylic acids is 2. The average molecular weight is 427 g/mol. The van der Waals surface area contributed by atoms with E-state index in [2.05, 4.69) is 15.6 Å². The molecule has 7 heteroatoms. The molecule has 2 amide bonds. The van der Waals surface area contributed by atoms with Crippen LogP contribution in [0, 0.1) is 0 Å². The summed E-state index contributed by atoms with van der Waals surface area (Å²) < 4.78 is 0. The summed E-state index contributed by atoms with van der Waals surface area (Å²) in [6, 6.07) is 14.7. The van der Waals surface area contributed by atoms with Gasteiger partial charge in [-0.25, -0.2) is 0 Å². The van der Waals surface area contributed by atoms with Gasteiger partial charge in [0.15, 0.2) is 0 Å². The lowest BCUT2D eigenvalue weighted by Gasteiger charge is -2.27. The quantitative estimate of drug-likeness (QED) is 0.517. The van der Waals surface area contributed by atoms with E-state index in [1.165, 1.54) is 6.92 Å². The molecule has 6 nitrogen and oxygen atoms in total. The van der Waals surface area contributed by atoms with E-state index < -0.39 is 6.04 Å². The van der Waals surface area contributed by atoms with Gasteiger partial charge in [-0.15, -0.1) is 0 Å². The van der Waals surface area contributed by atoms with Crippen molar-refractivity contribution in [3.8, 4) is 0 Å². The Morgan fingerprint density at radius 1 is 1.10 bits per heavy atom. The summed E-state index contributed by atoms with van der Waals surface area (Å²) in [4.78, 5) is 30.0. The number of aromatic nitrogens is 1. The number of H-pyrrole nitrogens is 1. The molecule has 2 atom stereocenters. The van der Waals surface area contributed by atoms with E-state index in [9.17, 15) is 9.59 Å². The van der Waals surface area contributed by atoms with E-state index in [1.54, 1.807) is 0 Å². The van der Waals surface area contributed by atoms with E-state index in [-0.39, 0.29) is 17.9 Å². The molecule has 30 heavy (non-hydrogen) atoms. The Labute approximate surface area is 181 Å². The highest BCUT2D eigenvalue weighted by Crippen LogP contribution is 2.25. The average Bonchev–Trinajstić information content (AvgIpc) is 3.11. The predicted molar refractivity (Wildman–Crippen MR) is 120 cm³/mol. The fourth-order valence-electron chi connectivity index (χ4n) is 3.61. The molecule has 3 rings (SSSR count). The molecular weight excluding hydrogens is 400 g/mol. The zero-order chi connectivity index (χ0) is 21.7. The molecule has 0 saturated heterocycles. The van der Waals surface area contributed by atoms with Crippen LogP contribution in [0.15, 0.2) is 54.7 Å². The van der Waals surface area contributed by atoms with Gasteiger partial charge in [-0.2, -0.15) is 0 Å². The second-order valence-corrected chi connectivity index (χ2v) is 7.97. The van der Waals surface area contributed by atoms with Crippen molar-refractivity contribution in [1.29, 1.82) is 0 Å². The number of hydrogen-bond acceptors (Lipinski definition) is 3. The summed E-state index contributed by atoms with van der Waals surface area (Å²) in [5, 5.41) is 7.47. The van der Waals surface area contributed by atoms with Gasteiger partial charge in [0.2, 0.25) is 11.8 Å². The molecule has 0 radical (unpaired) electrons. The summed E-state index contributed by atoms with van der Waals surface area (Å²) in [5.41, 5.74) is 2.92. The number of hydrogen-bond donors (Lipinski definition) is 3. The molecule has 3 N–H and O–H groups in total. The predicted octanol–water partition coefficient (Wildman–Crippen LogP) is 3.29. The lowest BCUT2D eigenvalue weighted by molar-refractivity contribution is -0.128. The van der Waals surface area contributed by atoms with E-state index >= 15 is 0 Å². The van der Waals surface area contributed by atoms with Gasteiger partial charge < -0.3 is 20.5 Å². The molecule has 0 saturated carbocycles. The molecule has 0 bridgehead atoms. The molecular formula is C23H27ClN4O2. The Kier molecular flexibility index (Phi) is 7.13. The minimum absolute atomic E-state index is 0.0892. The van der Waals surface area contributed by atoms with Gasteiger partial charge in [-0.3, -0.25) is 9.59 Å². The number of amides is 2. The molecule has 0 fully saturated rings. The largest absolute Gasteiger partial charge is 0.361 e. The second kappa shape index (κ2) is 9.78. The maximum absolute atomic E-state index is 13.0. The number of fused-ring (bicyclic) bond motifs is 1. The summed E-state index contributed by atoms with van der Waals surface area (Å²) in [6.45, 7) is 1.79. The topological polar surface area (TPSA) is 77.2 Å². The normalized spacial score (nSPS) is 13.2. The van der Waals surface area contributed by atoms with Crippen LogP contribution in [0.3, 0.4) is 0 Å². The molecule has 1 aromatic heterocycles. The van der Waals surface area contributed by atoms with E-state index in [0.717, 1.165) is 22.0 Å². The molecule has 2 unspecified atom stereocenters. The van der Waals surface area contributed by atoms with Crippen LogP contribution in [0.4, 0.5) is 0 Å². The summed E-state index contributed by atoms with van der Waals surface area (Å²) in [6.07, 6.45) is 2.29. The molecule has 3 aromatic rings. The van der Waals surface area contributed by atoms with Crippen LogP contribution in [0.1, 0.15) is 24.1 Å². The minimum atomic E-state index is -0.671. The van der Waals surface area contributed by atoms with Crippen LogP contribution in [0.25, 0.3) is 10.9 Å². The van der Waals surface area contributed by atoms with Gasteiger partial charge in [0, 0.05) is 42.0 Å². The molecule has 2 aromatic carbocycles. The molecule has 1 heterocycles. The van der Waals surface area contributed by atoms with Crippen molar-refractivity contribution >= 4 is 34.3 Å². The fourth-order valence-corrected chi connectivity index (χ4v) is 3.87. The van der Waals surface area contributed by atoms with Crippen LogP contribution < -0.4 is 10.6 Å². The third-order valence-electron chi connectivity index (χ3n) is 5.15. The SMILES string of the molecule is CC(=O)NC(Cc1c[nH]c2ccccc12)C(=O)NCC(c1ccccc1Cl)N(C)C. The first-order valence-electron chi connectivity index (χ1n) is 9.87. The molecule has 0 aliphatic carbocycles. The lowest BCUT2D eigenvalue weighted by Crippen LogP contribution is -2.49. The van der Waals surface area contributed by atoms with Crippen LogP contribution in [-0.2, 0) is 16.0 Å². The molecule has 0 aliphatic heterocycles. The minimum Gasteiger partial charge on any atom is -0.361 e. The van der Waals surface area contributed by atoms with Crippen LogP contribution in [0.5, 0.6) is 0 Å². The summed E-state index contributed by atoms with van der Waals surface area (Å²) >= 11 is 6.36. The number of likely N-dealkylation sites (N-methyl/N-ethyl adjacent to an activating group) is 1. The summed E-state index contributed by atoms with van der Waals surface area (Å²) in [7, 11) is 3.88. The van der Waals surface area contributed by atoms with E-state index in [4.69, 9.17) is 11.6 Å². The molecule has 0 aliphatic rings. The Morgan fingerprint density at radius 2 is 1.80 bits per heavy atom. The third kappa shape index (κ3) is 5.20. The number of carbonyl (C=O) groups is 2. The smallest absolute Gasteiger partial charge is 0.242 e. The highest BCUT2D eigenvalue weighted by molar-refractivity contribution is 6.31. The Bertz CT molecular complexity index is 1030. The molecule has 158 valence electrons. The van der Waals surface area contributed by atoms with Crippen molar-refractivity contribution in [3.63, 3.8) is 0 Å². The number of para-hydroxylation sites is 1. The van der Waals surface area contributed by atoms with Crippen molar-refractivity contribution in [2.45, 2.75) is 25.4 Å². The highest BCUT2D eigenvalue weighted by Gasteiger charge is 2.24. The zero-order valence-electron chi connectivity index (χ0n) is 17.4. The van der Waals surface area contributed by atoms with Gasteiger partial charge in [-0.1, -0.05) is 48.0 Å². The number of halogens is 1. The number of nitrogens with one attached hydrogen (secondary N) is 3. The number of benzene rings is 2. The second-order valence-electron chi connectivity index (χ2n) is 7.56. The number of rotatable bonds is 8. The van der Waals surface area contributed by atoms with Crippen molar-refractivity contribution < 1.29 is 9.59 Å². The van der Waals surface area contributed by atoms with Gasteiger partial charge in [0.05, 0.1) is 6.04 Å². The fraction of sp³-hybridized carbons (Fsp3) is 0.304. The summed E-state index contributed by atoms with van der Waals surface area (Å²) in [5.74, 6) is -0.473. The van der Waals surface area contributed by atoms with Crippen molar-refractivity contribution in [2.24, 2.45) is 0 Å². The molecule has 0 spiro atoms. The van der Waals surface area contributed by atoms with E-state index in [1.807, 2.05) is 73.7 Å². The standard InChI is InChI=1S/C23H27ClN4O2/c1-15(29)27-21(12-16-13-25-20-11-7-5-8-17(16)20)23(30)26-14-22(28(2)3)18-9-4-6-10-19(18)24/h4-11,13,21-22,25H,12,14H2,1-3H3,(H,26,30)(H,27,29). The first-order valence-corrected chi connectivity index (χ1v) is 10.2. The number of aromatic amines is 1. The Hall–Kier alpha value is -2.83. The maximum Gasteiger partial charge on any atom is 0.242 e. The van der Waals surface area contributed by atoms with Crippen LogP contribution in [0.2, 0.25) is 5.02 Å². The van der Waals surface area contributed by atoms with E-state index in [0.29, 0.717) is 18.0 Å². The maximum atomic E-state index is 13.0. The van der Waals surface area contributed by atoms with Crippen molar-refractivity contribution in [2.75, 3.05) is 20.6 Å². The number of nitrogens with zero attached hydrogens (tertiary/aromatic N) is 1. The zero-order valence-corrected chi connectivity index (χ0v) is 18.2. The van der Waals surface area contributed by atoms with Crippen molar-refractivity contribution in [1.82, 2.24) is 20.5 Å².